The van der Waals surface area contributed by atoms with Crippen molar-refractivity contribution in [3.63, 3.8) is 0 Å². The molecule has 1 aliphatic rings. The molecule has 0 saturated carbocycles. The van der Waals surface area contributed by atoms with Crippen LogP contribution in [0.15, 0.2) is 30.6 Å². The quantitative estimate of drug-likeness (QED) is 0.701. The monoisotopic (exact) mass is 365 g/mol. The number of benzene rings is 1. The van der Waals surface area contributed by atoms with Gasteiger partial charge in [-0.15, -0.1) is 0 Å². The lowest BCUT2D eigenvalue weighted by atomic mass is 9.99. The van der Waals surface area contributed by atoms with E-state index in [2.05, 4.69) is 47.8 Å². The van der Waals surface area contributed by atoms with Crippen molar-refractivity contribution in [1.82, 2.24) is 14.5 Å². The zero-order valence-corrected chi connectivity index (χ0v) is 17.0. The number of hydrogen-bond donors (Lipinski definition) is 1. The summed E-state index contributed by atoms with van der Waals surface area (Å²) in [5.74, 6) is 0.790. The van der Waals surface area contributed by atoms with E-state index in [1.807, 2.05) is 20.0 Å². The van der Waals surface area contributed by atoms with Gasteiger partial charge in [-0.05, 0) is 50.7 Å². The van der Waals surface area contributed by atoms with E-state index >= 15 is 0 Å². The Morgan fingerprint density at radius 1 is 1.26 bits per heavy atom. The van der Waals surface area contributed by atoms with Crippen molar-refractivity contribution in [1.29, 1.82) is 0 Å². The molecule has 1 N–H and O–H groups in total. The highest BCUT2D eigenvalue weighted by molar-refractivity contribution is 5.97. The third-order valence-corrected chi connectivity index (χ3v) is 4.90. The first-order valence-corrected chi connectivity index (χ1v) is 10.2. The molecule has 0 amide bonds. The van der Waals surface area contributed by atoms with Crippen LogP contribution in [0.4, 0.5) is 0 Å². The maximum atomic E-state index is 9.64. The highest BCUT2D eigenvalue weighted by Crippen LogP contribution is 2.36. The van der Waals surface area contributed by atoms with Gasteiger partial charge in [0.15, 0.2) is 0 Å². The molecule has 0 aliphatic carbocycles. The number of aromatic nitrogens is 3. The summed E-state index contributed by atoms with van der Waals surface area (Å²) in [5, 5.41) is 10.9. The van der Waals surface area contributed by atoms with Gasteiger partial charge < -0.3 is 9.67 Å². The molecule has 0 bridgehead atoms. The summed E-state index contributed by atoms with van der Waals surface area (Å²) in [4.78, 5) is 9.14. The number of aliphatic hydroxyl groups excluding tert-OH is 1. The third-order valence-electron chi connectivity index (χ3n) is 4.90. The van der Waals surface area contributed by atoms with Gasteiger partial charge in [0, 0.05) is 29.9 Å². The Morgan fingerprint density at radius 2 is 2.04 bits per heavy atom. The van der Waals surface area contributed by atoms with Crippen LogP contribution in [0.5, 0.6) is 0 Å². The molecular formula is C23H31N3O. The van der Waals surface area contributed by atoms with E-state index in [-0.39, 0.29) is 6.10 Å². The number of nitrogens with zero attached hydrogens (tertiary/aromatic N) is 3. The van der Waals surface area contributed by atoms with E-state index in [0.717, 1.165) is 42.9 Å². The van der Waals surface area contributed by atoms with E-state index in [1.54, 1.807) is 0 Å². The minimum Gasteiger partial charge on any atom is -0.393 e. The molecule has 1 aromatic carbocycles. The van der Waals surface area contributed by atoms with Gasteiger partial charge in [0.05, 0.1) is 17.3 Å². The first kappa shape index (κ1) is 19.6. The summed E-state index contributed by atoms with van der Waals surface area (Å²) < 4.78 is 2.37. The van der Waals surface area contributed by atoms with Gasteiger partial charge in [-0.1, -0.05) is 38.5 Å². The Kier molecular flexibility index (Phi) is 6.27. The Balaban J connectivity index is 0.000000659. The fourth-order valence-electron chi connectivity index (χ4n) is 3.72. The first-order valence-electron chi connectivity index (χ1n) is 10.2. The number of aliphatic hydroxyl groups is 1. The van der Waals surface area contributed by atoms with Crippen molar-refractivity contribution < 1.29 is 5.11 Å². The zero-order chi connectivity index (χ0) is 19.4. The number of para-hydroxylation sites is 1. The summed E-state index contributed by atoms with van der Waals surface area (Å²) in [6.45, 7) is 9.08. The van der Waals surface area contributed by atoms with Gasteiger partial charge in [-0.2, -0.15) is 0 Å². The lowest BCUT2D eigenvalue weighted by molar-refractivity contribution is 0.185. The summed E-state index contributed by atoms with van der Waals surface area (Å²) in [5.41, 5.74) is 6.12. The number of aryl methyl sites for hydroxylation is 4. The largest absolute Gasteiger partial charge is 0.393 e. The van der Waals surface area contributed by atoms with Gasteiger partial charge in [0.1, 0.15) is 5.82 Å². The van der Waals surface area contributed by atoms with Crippen molar-refractivity contribution in [3.8, 4) is 11.3 Å². The van der Waals surface area contributed by atoms with Crippen LogP contribution in [0.3, 0.4) is 0 Å². The van der Waals surface area contributed by atoms with Gasteiger partial charge >= 0.3 is 0 Å². The second-order valence-corrected chi connectivity index (χ2v) is 7.54. The highest BCUT2D eigenvalue weighted by atomic mass is 16.3. The second kappa shape index (κ2) is 8.66. The van der Waals surface area contributed by atoms with Crippen LogP contribution in [0.25, 0.3) is 22.2 Å². The number of hydrogen-bond acceptors (Lipinski definition) is 3. The SMILES string of the molecule is CCC.Cc1ncc(CCC(C)O)c(-c2cn3c4c(cccc24)CCC3)n1. The molecule has 0 radical (unpaired) electrons. The Bertz CT molecular complexity index is 911. The summed E-state index contributed by atoms with van der Waals surface area (Å²) in [7, 11) is 0. The molecule has 4 heteroatoms. The van der Waals surface area contributed by atoms with Crippen LogP contribution < -0.4 is 0 Å². The van der Waals surface area contributed by atoms with Gasteiger partial charge in [-0.25, -0.2) is 9.97 Å². The van der Waals surface area contributed by atoms with Gasteiger partial charge in [-0.3, -0.25) is 0 Å². The van der Waals surface area contributed by atoms with E-state index in [4.69, 9.17) is 4.98 Å². The number of rotatable bonds is 4. The summed E-state index contributed by atoms with van der Waals surface area (Å²) in [6, 6.07) is 6.59. The van der Waals surface area contributed by atoms with Crippen LogP contribution in [0, 0.1) is 6.92 Å². The fourth-order valence-corrected chi connectivity index (χ4v) is 3.72. The molecule has 3 heterocycles. The average Bonchev–Trinajstić information content (AvgIpc) is 3.02. The topological polar surface area (TPSA) is 50.9 Å². The van der Waals surface area contributed by atoms with Crippen molar-refractivity contribution >= 4 is 10.9 Å². The lowest BCUT2D eigenvalue weighted by Crippen LogP contribution is -2.05. The molecule has 144 valence electrons. The Morgan fingerprint density at radius 3 is 2.78 bits per heavy atom. The smallest absolute Gasteiger partial charge is 0.125 e. The standard InChI is InChI=1S/C20H23N3O.C3H8/c1-13(24)8-9-16-11-21-14(2)22-19(16)18-12-23-10-4-6-15-5-3-7-17(18)20(15)23;1-3-2/h3,5,7,11-13,24H,4,6,8-10H2,1-2H3;3H2,1-2H3. The Hall–Kier alpha value is -2.20. The van der Waals surface area contributed by atoms with E-state index in [9.17, 15) is 5.11 Å². The molecular weight excluding hydrogens is 334 g/mol. The van der Waals surface area contributed by atoms with Crippen LogP contribution >= 0.6 is 0 Å². The van der Waals surface area contributed by atoms with Crippen molar-refractivity contribution in [2.45, 2.75) is 72.4 Å². The summed E-state index contributed by atoms with van der Waals surface area (Å²) >= 11 is 0. The molecule has 3 aromatic rings. The molecule has 0 fully saturated rings. The molecule has 1 atom stereocenters. The molecule has 0 saturated heterocycles. The second-order valence-electron chi connectivity index (χ2n) is 7.54. The first-order chi connectivity index (χ1) is 13.0. The summed E-state index contributed by atoms with van der Waals surface area (Å²) in [6.07, 6.45) is 8.97. The maximum absolute atomic E-state index is 9.64. The molecule has 1 aliphatic heterocycles. The predicted molar refractivity (Wildman–Crippen MR) is 112 cm³/mol. The molecule has 27 heavy (non-hydrogen) atoms. The zero-order valence-electron chi connectivity index (χ0n) is 17.0. The third kappa shape index (κ3) is 4.22. The Labute approximate surface area is 162 Å². The minimum atomic E-state index is -0.311. The van der Waals surface area contributed by atoms with Crippen molar-refractivity contribution in [3.05, 3.63) is 47.5 Å². The van der Waals surface area contributed by atoms with E-state index < -0.39 is 0 Å². The molecule has 1 unspecified atom stereocenters. The molecule has 4 nitrogen and oxygen atoms in total. The van der Waals surface area contributed by atoms with Gasteiger partial charge in [0.25, 0.3) is 0 Å². The van der Waals surface area contributed by atoms with Crippen LogP contribution in [0.1, 0.15) is 57.0 Å². The predicted octanol–water partition coefficient (Wildman–Crippen LogP) is 5.08. The average molecular weight is 366 g/mol. The molecule has 4 rings (SSSR count). The highest BCUT2D eigenvalue weighted by Gasteiger charge is 2.19. The van der Waals surface area contributed by atoms with Gasteiger partial charge in [0.2, 0.25) is 0 Å². The van der Waals surface area contributed by atoms with Crippen LogP contribution in [-0.4, -0.2) is 25.7 Å². The lowest BCUT2D eigenvalue weighted by Gasteiger charge is -2.14. The maximum Gasteiger partial charge on any atom is 0.125 e. The minimum absolute atomic E-state index is 0.311. The molecule has 0 spiro atoms. The molecule has 2 aromatic heterocycles. The van der Waals surface area contributed by atoms with Crippen LogP contribution in [0.2, 0.25) is 0 Å². The van der Waals surface area contributed by atoms with E-state index in [0.29, 0.717) is 0 Å². The van der Waals surface area contributed by atoms with E-state index in [1.165, 1.54) is 34.9 Å². The fraction of sp³-hybridized carbons (Fsp3) is 0.478. The van der Waals surface area contributed by atoms with Crippen LogP contribution in [-0.2, 0) is 19.4 Å². The van der Waals surface area contributed by atoms with Crippen molar-refractivity contribution in [2.24, 2.45) is 0 Å². The van der Waals surface area contributed by atoms with Crippen molar-refractivity contribution in [2.75, 3.05) is 0 Å². The normalized spacial score (nSPS) is 14.0.